The van der Waals surface area contributed by atoms with Gasteiger partial charge in [0.05, 0.1) is 18.1 Å². The molecule has 5 heteroatoms. The van der Waals surface area contributed by atoms with E-state index in [-0.39, 0.29) is 12.5 Å². The van der Waals surface area contributed by atoms with E-state index in [1.165, 1.54) is 0 Å². The summed E-state index contributed by atoms with van der Waals surface area (Å²) in [6.45, 7) is 2.82. The highest BCUT2D eigenvalue weighted by Crippen LogP contribution is 2.20. The third-order valence-electron chi connectivity index (χ3n) is 3.93. The summed E-state index contributed by atoms with van der Waals surface area (Å²) in [5.74, 6) is 1.71. The first kappa shape index (κ1) is 16.1. The van der Waals surface area contributed by atoms with E-state index in [0.29, 0.717) is 13.0 Å². The summed E-state index contributed by atoms with van der Waals surface area (Å²) in [6.07, 6.45) is 0.665. The largest absolute Gasteiger partial charge is 0.497 e. The lowest BCUT2D eigenvalue weighted by Gasteiger charge is -2.09. The standard InChI is InChI=1S/C19H21N3O2/c1-3-20-19(23)13-22-17-7-5-4-6-16(17)21-18(22)12-14-8-10-15(24-2)11-9-14/h4-11H,3,12-13H2,1-2H3,(H,20,23). The summed E-state index contributed by atoms with van der Waals surface area (Å²) < 4.78 is 7.19. The number of hydrogen-bond acceptors (Lipinski definition) is 3. The fraction of sp³-hybridized carbons (Fsp3) is 0.263. The molecule has 1 amide bonds. The van der Waals surface area contributed by atoms with E-state index >= 15 is 0 Å². The fourth-order valence-electron chi connectivity index (χ4n) is 2.76. The van der Waals surface area contributed by atoms with E-state index in [1.807, 2.05) is 60.0 Å². The maximum Gasteiger partial charge on any atom is 0.239 e. The lowest BCUT2D eigenvalue weighted by Crippen LogP contribution is -2.27. The van der Waals surface area contributed by atoms with Gasteiger partial charge < -0.3 is 14.6 Å². The highest BCUT2D eigenvalue weighted by atomic mass is 16.5. The lowest BCUT2D eigenvalue weighted by molar-refractivity contribution is -0.121. The number of aromatic nitrogens is 2. The minimum absolute atomic E-state index is 0.00312. The van der Waals surface area contributed by atoms with Crippen molar-refractivity contribution in [1.82, 2.24) is 14.9 Å². The van der Waals surface area contributed by atoms with Gasteiger partial charge in [-0.05, 0) is 36.8 Å². The molecule has 0 aliphatic carbocycles. The summed E-state index contributed by atoms with van der Waals surface area (Å²) in [5, 5.41) is 2.85. The van der Waals surface area contributed by atoms with Gasteiger partial charge in [-0.25, -0.2) is 4.98 Å². The molecule has 124 valence electrons. The van der Waals surface area contributed by atoms with Crippen molar-refractivity contribution in [3.05, 3.63) is 59.9 Å². The fourth-order valence-corrected chi connectivity index (χ4v) is 2.76. The Morgan fingerprint density at radius 3 is 2.62 bits per heavy atom. The summed E-state index contributed by atoms with van der Waals surface area (Å²) >= 11 is 0. The molecule has 0 atom stereocenters. The first-order valence-corrected chi connectivity index (χ1v) is 8.05. The number of ether oxygens (including phenoxy) is 1. The van der Waals surface area contributed by atoms with Crippen LogP contribution in [0.25, 0.3) is 11.0 Å². The number of para-hydroxylation sites is 2. The number of benzene rings is 2. The topological polar surface area (TPSA) is 56.2 Å². The molecule has 1 aromatic heterocycles. The predicted molar refractivity (Wildman–Crippen MR) is 94.2 cm³/mol. The van der Waals surface area contributed by atoms with Gasteiger partial charge in [0.2, 0.25) is 5.91 Å². The van der Waals surface area contributed by atoms with Gasteiger partial charge in [0.15, 0.2) is 0 Å². The Morgan fingerprint density at radius 1 is 1.17 bits per heavy atom. The number of likely N-dealkylation sites (N-methyl/N-ethyl adjacent to an activating group) is 1. The zero-order valence-corrected chi connectivity index (χ0v) is 14.0. The molecule has 2 aromatic carbocycles. The zero-order chi connectivity index (χ0) is 16.9. The molecule has 0 fully saturated rings. The number of nitrogens with one attached hydrogen (secondary N) is 1. The molecular weight excluding hydrogens is 302 g/mol. The van der Waals surface area contributed by atoms with Crippen molar-refractivity contribution < 1.29 is 9.53 Å². The molecule has 3 rings (SSSR count). The molecule has 0 spiro atoms. The van der Waals surface area contributed by atoms with Gasteiger partial charge in [-0.2, -0.15) is 0 Å². The number of methoxy groups -OCH3 is 1. The van der Waals surface area contributed by atoms with Crippen molar-refractivity contribution in [3.8, 4) is 5.75 Å². The van der Waals surface area contributed by atoms with Crippen LogP contribution in [0.2, 0.25) is 0 Å². The van der Waals surface area contributed by atoms with E-state index in [1.54, 1.807) is 7.11 Å². The van der Waals surface area contributed by atoms with Gasteiger partial charge in [-0.1, -0.05) is 24.3 Å². The maximum absolute atomic E-state index is 12.1. The predicted octanol–water partition coefficient (Wildman–Crippen LogP) is 2.77. The monoisotopic (exact) mass is 323 g/mol. The highest BCUT2D eigenvalue weighted by molar-refractivity contribution is 5.81. The van der Waals surface area contributed by atoms with Crippen LogP contribution in [0.1, 0.15) is 18.3 Å². The van der Waals surface area contributed by atoms with Crippen LogP contribution in [0.4, 0.5) is 0 Å². The van der Waals surface area contributed by atoms with Crippen LogP contribution in [0.15, 0.2) is 48.5 Å². The van der Waals surface area contributed by atoms with Crippen molar-refractivity contribution in [2.24, 2.45) is 0 Å². The molecule has 1 heterocycles. The third-order valence-corrected chi connectivity index (χ3v) is 3.93. The van der Waals surface area contributed by atoms with Crippen LogP contribution in [0.5, 0.6) is 5.75 Å². The summed E-state index contributed by atoms with van der Waals surface area (Å²) in [4.78, 5) is 16.8. The minimum Gasteiger partial charge on any atom is -0.497 e. The summed E-state index contributed by atoms with van der Waals surface area (Å²) in [5.41, 5.74) is 3.01. The SMILES string of the molecule is CCNC(=O)Cn1c(Cc2ccc(OC)cc2)nc2ccccc21. The second-order valence-corrected chi connectivity index (χ2v) is 5.58. The van der Waals surface area contributed by atoms with E-state index in [2.05, 4.69) is 5.32 Å². The number of fused-ring (bicyclic) bond motifs is 1. The number of hydrogen-bond donors (Lipinski definition) is 1. The van der Waals surface area contributed by atoms with Crippen molar-refractivity contribution in [1.29, 1.82) is 0 Å². The molecule has 0 bridgehead atoms. The number of amides is 1. The van der Waals surface area contributed by atoms with Crippen molar-refractivity contribution in [3.63, 3.8) is 0 Å². The lowest BCUT2D eigenvalue weighted by atomic mass is 10.1. The first-order chi connectivity index (χ1) is 11.7. The van der Waals surface area contributed by atoms with E-state index < -0.39 is 0 Å². The molecule has 0 aliphatic rings. The second-order valence-electron chi connectivity index (χ2n) is 5.58. The molecule has 24 heavy (non-hydrogen) atoms. The summed E-state index contributed by atoms with van der Waals surface area (Å²) in [6, 6.07) is 15.8. The Hall–Kier alpha value is -2.82. The number of carbonyl (C=O) groups excluding carboxylic acids is 1. The Morgan fingerprint density at radius 2 is 1.92 bits per heavy atom. The smallest absolute Gasteiger partial charge is 0.239 e. The van der Waals surface area contributed by atoms with Crippen LogP contribution in [-0.4, -0.2) is 29.1 Å². The average Bonchev–Trinajstić information content (AvgIpc) is 2.93. The van der Waals surface area contributed by atoms with Crippen LogP contribution >= 0.6 is 0 Å². The third kappa shape index (κ3) is 3.40. The molecule has 0 saturated heterocycles. The van der Waals surface area contributed by atoms with Crippen molar-refractivity contribution in [2.75, 3.05) is 13.7 Å². The Kier molecular flexibility index (Phi) is 4.79. The molecular formula is C19H21N3O2. The molecule has 0 aliphatic heterocycles. The second kappa shape index (κ2) is 7.17. The normalized spacial score (nSPS) is 10.8. The molecule has 1 N–H and O–H groups in total. The molecule has 0 unspecified atom stereocenters. The van der Waals surface area contributed by atoms with Crippen molar-refractivity contribution in [2.45, 2.75) is 19.9 Å². The molecule has 0 radical (unpaired) electrons. The van der Waals surface area contributed by atoms with Crippen LogP contribution in [0.3, 0.4) is 0 Å². The highest BCUT2D eigenvalue weighted by Gasteiger charge is 2.13. The van der Waals surface area contributed by atoms with E-state index in [0.717, 1.165) is 28.2 Å². The van der Waals surface area contributed by atoms with Gasteiger partial charge in [-0.15, -0.1) is 0 Å². The van der Waals surface area contributed by atoms with Gasteiger partial charge >= 0.3 is 0 Å². The minimum atomic E-state index is -0.00312. The van der Waals surface area contributed by atoms with Gasteiger partial charge in [-0.3, -0.25) is 4.79 Å². The van der Waals surface area contributed by atoms with E-state index in [9.17, 15) is 4.79 Å². The van der Waals surface area contributed by atoms with Gasteiger partial charge in [0, 0.05) is 13.0 Å². The maximum atomic E-state index is 12.1. The van der Waals surface area contributed by atoms with Crippen LogP contribution < -0.4 is 10.1 Å². The van der Waals surface area contributed by atoms with Gasteiger partial charge in [0.1, 0.15) is 18.1 Å². The average molecular weight is 323 g/mol. The number of nitrogens with zero attached hydrogens (tertiary/aromatic N) is 2. The van der Waals surface area contributed by atoms with Crippen molar-refractivity contribution >= 4 is 16.9 Å². The Labute approximate surface area is 141 Å². The van der Waals surface area contributed by atoms with Gasteiger partial charge in [0.25, 0.3) is 0 Å². The molecule has 5 nitrogen and oxygen atoms in total. The number of imidazole rings is 1. The Balaban J connectivity index is 1.94. The molecule has 0 saturated carbocycles. The Bertz CT molecular complexity index is 837. The zero-order valence-electron chi connectivity index (χ0n) is 14.0. The van der Waals surface area contributed by atoms with E-state index in [4.69, 9.17) is 9.72 Å². The van der Waals surface area contributed by atoms with Crippen LogP contribution in [0, 0.1) is 0 Å². The first-order valence-electron chi connectivity index (χ1n) is 8.05. The quantitative estimate of drug-likeness (QED) is 0.759. The number of carbonyl (C=O) groups is 1. The summed E-state index contributed by atoms with van der Waals surface area (Å²) in [7, 11) is 1.65. The molecule has 3 aromatic rings. The number of rotatable bonds is 6. The van der Waals surface area contributed by atoms with Crippen LogP contribution in [-0.2, 0) is 17.8 Å².